The molecule has 2 heterocycles. The van der Waals surface area contributed by atoms with Crippen LogP contribution in [-0.4, -0.2) is 25.2 Å². The highest BCUT2D eigenvalue weighted by molar-refractivity contribution is 5.90. The number of anilines is 1. The van der Waals surface area contributed by atoms with Gasteiger partial charge in [0.25, 0.3) is 5.56 Å². The number of amides is 1. The first kappa shape index (κ1) is 20.3. The molecule has 0 spiro atoms. The number of nitrogens with one attached hydrogen (secondary N) is 1. The van der Waals surface area contributed by atoms with Gasteiger partial charge in [-0.2, -0.15) is 18.3 Å². The van der Waals surface area contributed by atoms with E-state index in [9.17, 15) is 27.2 Å². The summed E-state index contributed by atoms with van der Waals surface area (Å²) in [4.78, 5) is 29.1. The van der Waals surface area contributed by atoms with Crippen LogP contribution in [0, 0.1) is 5.82 Å². The van der Waals surface area contributed by atoms with Crippen molar-refractivity contribution in [3.8, 4) is 5.69 Å². The molecule has 0 radical (unpaired) electrons. The normalized spacial score (nSPS) is 11.6. The first-order valence-electron chi connectivity index (χ1n) is 8.88. The molecule has 0 aliphatic rings. The molecule has 11 heteroatoms. The summed E-state index contributed by atoms with van der Waals surface area (Å²) in [5.74, 6) is -1.13. The second-order valence-corrected chi connectivity index (χ2v) is 6.57. The molecule has 4 rings (SSSR count). The smallest absolute Gasteiger partial charge is 0.325 e. The van der Waals surface area contributed by atoms with Crippen molar-refractivity contribution >= 4 is 22.6 Å². The molecule has 0 aliphatic carbocycles. The van der Waals surface area contributed by atoms with E-state index >= 15 is 0 Å². The fourth-order valence-electron chi connectivity index (χ4n) is 2.96. The summed E-state index contributed by atoms with van der Waals surface area (Å²) in [7, 11) is 0. The second kappa shape index (κ2) is 7.67. The van der Waals surface area contributed by atoms with Gasteiger partial charge in [0.1, 0.15) is 24.1 Å². The minimum absolute atomic E-state index is 0.0500. The Balaban J connectivity index is 1.57. The fraction of sp³-hybridized carbons (Fsp3) is 0.100. The van der Waals surface area contributed by atoms with Gasteiger partial charge in [0, 0.05) is 5.69 Å². The summed E-state index contributed by atoms with van der Waals surface area (Å²) in [6.07, 6.45) is -2.13. The van der Waals surface area contributed by atoms with Crippen LogP contribution in [0.2, 0.25) is 0 Å². The molecule has 2 aromatic carbocycles. The zero-order valence-electron chi connectivity index (χ0n) is 15.6. The lowest BCUT2D eigenvalue weighted by Crippen LogP contribution is -2.28. The van der Waals surface area contributed by atoms with E-state index < -0.39 is 35.6 Å². The Labute approximate surface area is 171 Å². The zero-order valence-corrected chi connectivity index (χ0v) is 15.6. The molecule has 0 saturated heterocycles. The first-order valence-corrected chi connectivity index (χ1v) is 8.88. The summed E-state index contributed by atoms with van der Waals surface area (Å²) in [6, 6.07) is 9.58. The Morgan fingerprint density at radius 2 is 1.84 bits per heavy atom. The number of hydrogen-bond donors (Lipinski definition) is 1. The molecule has 0 unspecified atom stereocenters. The van der Waals surface area contributed by atoms with E-state index in [2.05, 4.69) is 15.4 Å². The Kier molecular flexibility index (Phi) is 5.01. The number of hydrogen-bond acceptors (Lipinski definition) is 4. The molecule has 0 saturated carbocycles. The number of fused-ring (bicyclic) bond motifs is 1. The van der Waals surface area contributed by atoms with Gasteiger partial charge in [0.15, 0.2) is 5.65 Å². The van der Waals surface area contributed by atoms with Gasteiger partial charge in [-0.25, -0.2) is 14.1 Å². The molecule has 0 bridgehead atoms. The number of halogens is 4. The van der Waals surface area contributed by atoms with Gasteiger partial charge in [-0.3, -0.25) is 14.2 Å². The number of carbonyl (C=O) groups is 1. The monoisotopic (exact) mass is 431 g/mol. The van der Waals surface area contributed by atoms with Crippen LogP contribution in [0.3, 0.4) is 0 Å². The van der Waals surface area contributed by atoms with Crippen LogP contribution in [0.25, 0.3) is 16.7 Å². The molecule has 31 heavy (non-hydrogen) atoms. The third-order valence-corrected chi connectivity index (χ3v) is 4.41. The average Bonchev–Trinajstić information content (AvgIpc) is 3.15. The fourth-order valence-corrected chi connectivity index (χ4v) is 2.96. The highest BCUT2D eigenvalue weighted by Gasteiger charge is 2.30. The van der Waals surface area contributed by atoms with E-state index in [1.807, 2.05) is 0 Å². The second-order valence-electron chi connectivity index (χ2n) is 6.57. The standard InChI is InChI=1S/C20H13F4N5O2/c21-13-4-6-15(7-5-13)29-18-16(9-26-29)19(31)28(11-25-18)10-17(30)27-14-3-1-2-12(8-14)20(22,23)24/h1-9,11H,10H2,(H,27,30). The number of aromatic nitrogens is 4. The van der Waals surface area contributed by atoms with Gasteiger partial charge in [0.2, 0.25) is 5.91 Å². The van der Waals surface area contributed by atoms with Gasteiger partial charge >= 0.3 is 6.18 Å². The van der Waals surface area contributed by atoms with Gasteiger partial charge in [-0.15, -0.1) is 0 Å². The molecule has 1 N–H and O–H groups in total. The lowest BCUT2D eigenvalue weighted by molar-refractivity contribution is -0.137. The van der Waals surface area contributed by atoms with Gasteiger partial charge in [-0.05, 0) is 42.5 Å². The summed E-state index contributed by atoms with van der Waals surface area (Å²) < 4.78 is 53.9. The van der Waals surface area contributed by atoms with E-state index in [0.717, 1.165) is 23.0 Å². The van der Waals surface area contributed by atoms with Crippen molar-refractivity contribution < 1.29 is 22.4 Å². The first-order chi connectivity index (χ1) is 14.7. The minimum Gasteiger partial charge on any atom is -0.325 e. The number of rotatable bonds is 4. The highest BCUT2D eigenvalue weighted by atomic mass is 19.4. The molecule has 1 amide bonds. The maximum atomic E-state index is 13.1. The minimum atomic E-state index is -4.54. The molecule has 4 aromatic rings. The van der Waals surface area contributed by atoms with E-state index in [-0.39, 0.29) is 16.7 Å². The van der Waals surface area contributed by atoms with Crippen molar-refractivity contribution in [1.29, 1.82) is 0 Å². The van der Waals surface area contributed by atoms with Crippen LogP contribution in [-0.2, 0) is 17.5 Å². The summed E-state index contributed by atoms with van der Waals surface area (Å²) in [5.41, 5.74) is -0.808. The molecule has 0 aliphatic heterocycles. The Hall–Kier alpha value is -4.02. The van der Waals surface area contributed by atoms with Crippen molar-refractivity contribution in [1.82, 2.24) is 19.3 Å². The van der Waals surface area contributed by atoms with Gasteiger partial charge in [0.05, 0.1) is 17.4 Å². The van der Waals surface area contributed by atoms with E-state index in [1.54, 1.807) is 0 Å². The molecule has 2 aromatic heterocycles. The molecule has 158 valence electrons. The predicted octanol–water partition coefficient (Wildman–Crippen LogP) is 3.38. The number of benzene rings is 2. The molecule has 0 atom stereocenters. The van der Waals surface area contributed by atoms with Crippen LogP contribution in [0.1, 0.15) is 5.56 Å². The maximum absolute atomic E-state index is 13.1. The van der Waals surface area contributed by atoms with Crippen molar-refractivity contribution in [2.75, 3.05) is 5.32 Å². The zero-order chi connectivity index (χ0) is 22.2. The quantitative estimate of drug-likeness (QED) is 0.503. The van der Waals surface area contributed by atoms with E-state index in [1.165, 1.54) is 47.3 Å². The van der Waals surface area contributed by atoms with Crippen LogP contribution in [0.5, 0.6) is 0 Å². The Bertz CT molecular complexity index is 1330. The third-order valence-electron chi connectivity index (χ3n) is 4.41. The highest BCUT2D eigenvalue weighted by Crippen LogP contribution is 2.30. The Morgan fingerprint density at radius 3 is 2.55 bits per heavy atom. The molecular formula is C20H13F4N5O2. The van der Waals surface area contributed by atoms with Crippen LogP contribution in [0.4, 0.5) is 23.2 Å². The SMILES string of the molecule is O=C(Cn1cnc2c(cnn2-c2ccc(F)cc2)c1=O)Nc1cccc(C(F)(F)F)c1. The molecular weight excluding hydrogens is 418 g/mol. The lowest BCUT2D eigenvalue weighted by Gasteiger charge is -2.10. The van der Waals surface area contributed by atoms with Crippen molar-refractivity contribution in [2.24, 2.45) is 0 Å². The van der Waals surface area contributed by atoms with Crippen molar-refractivity contribution in [3.05, 3.63) is 82.8 Å². The predicted molar refractivity (Wildman–Crippen MR) is 103 cm³/mol. The number of alkyl halides is 3. The number of carbonyl (C=O) groups excluding carboxylic acids is 1. The van der Waals surface area contributed by atoms with E-state index in [4.69, 9.17) is 0 Å². The molecule has 7 nitrogen and oxygen atoms in total. The third kappa shape index (κ3) is 4.15. The topological polar surface area (TPSA) is 81.8 Å². The van der Waals surface area contributed by atoms with Crippen molar-refractivity contribution in [3.63, 3.8) is 0 Å². The average molecular weight is 431 g/mol. The van der Waals surface area contributed by atoms with Crippen molar-refractivity contribution in [2.45, 2.75) is 12.7 Å². The van der Waals surface area contributed by atoms with Crippen LogP contribution < -0.4 is 10.9 Å². The summed E-state index contributed by atoms with van der Waals surface area (Å²) >= 11 is 0. The maximum Gasteiger partial charge on any atom is 0.416 e. The summed E-state index contributed by atoms with van der Waals surface area (Å²) in [6.45, 7) is -0.459. The van der Waals surface area contributed by atoms with Crippen LogP contribution in [0.15, 0.2) is 65.8 Å². The largest absolute Gasteiger partial charge is 0.416 e. The Morgan fingerprint density at radius 1 is 1.10 bits per heavy atom. The van der Waals surface area contributed by atoms with Gasteiger partial charge in [-0.1, -0.05) is 6.07 Å². The van der Waals surface area contributed by atoms with Crippen LogP contribution >= 0.6 is 0 Å². The lowest BCUT2D eigenvalue weighted by atomic mass is 10.2. The number of nitrogens with zero attached hydrogens (tertiary/aromatic N) is 4. The van der Waals surface area contributed by atoms with Gasteiger partial charge < -0.3 is 5.32 Å². The summed E-state index contributed by atoms with van der Waals surface area (Å²) in [5, 5.41) is 6.54. The van der Waals surface area contributed by atoms with E-state index in [0.29, 0.717) is 5.69 Å². The molecule has 0 fully saturated rings.